The van der Waals surface area contributed by atoms with Crippen LogP contribution in [0.15, 0.2) is 29.3 Å². The normalized spacial score (nSPS) is 14.4. The molecule has 2 heterocycles. The van der Waals surface area contributed by atoms with Gasteiger partial charge in [-0.05, 0) is 38.5 Å². The molecule has 0 aliphatic carbocycles. The van der Waals surface area contributed by atoms with Crippen molar-refractivity contribution in [2.24, 2.45) is 4.99 Å². The van der Waals surface area contributed by atoms with E-state index in [2.05, 4.69) is 65.6 Å². The molecule has 3 rings (SSSR count). The van der Waals surface area contributed by atoms with E-state index in [-0.39, 0.29) is 24.0 Å². The van der Waals surface area contributed by atoms with Gasteiger partial charge in [-0.1, -0.05) is 12.1 Å². The summed E-state index contributed by atoms with van der Waals surface area (Å²) in [6.45, 7) is 11.0. The molecule has 0 saturated carbocycles. The van der Waals surface area contributed by atoms with Crippen LogP contribution in [0.25, 0.3) is 0 Å². The number of hydrogen-bond acceptors (Lipinski definition) is 5. The molecule has 2 aromatic rings. The van der Waals surface area contributed by atoms with E-state index < -0.39 is 0 Å². The Bertz CT molecular complexity index is 750. The summed E-state index contributed by atoms with van der Waals surface area (Å²) in [4.78, 5) is 13.1. The van der Waals surface area contributed by atoms with Crippen molar-refractivity contribution in [3.05, 3.63) is 45.4 Å². The third kappa shape index (κ3) is 7.64. The lowest BCUT2D eigenvalue weighted by Gasteiger charge is -2.28. The summed E-state index contributed by atoms with van der Waals surface area (Å²) in [6, 6.07) is 8.86. The fourth-order valence-electron chi connectivity index (χ4n) is 3.08. The van der Waals surface area contributed by atoms with Crippen LogP contribution in [0.4, 0.5) is 5.69 Å². The van der Waals surface area contributed by atoms with Gasteiger partial charge < -0.3 is 15.5 Å². The minimum absolute atomic E-state index is 0. The Kier molecular flexibility index (Phi) is 10.6. The van der Waals surface area contributed by atoms with Crippen molar-refractivity contribution in [3.63, 3.8) is 0 Å². The number of nitrogens with one attached hydrogen (secondary N) is 2. The lowest BCUT2D eigenvalue weighted by molar-refractivity contribution is 0.795. The maximum absolute atomic E-state index is 4.74. The highest BCUT2D eigenvalue weighted by Gasteiger charge is 2.10. The van der Waals surface area contributed by atoms with Crippen LogP contribution >= 0.6 is 47.1 Å². The summed E-state index contributed by atoms with van der Waals surface area (Å²) >= 11 is 3.83. The largest absolute Gasteiger partial charge is 0.370 e. The highest BCUT2D eigenvalue weighted by atomic mass is 127. The average molecular weight is 546 g/mol. The Morgan fingerprint density at radius 2 is 1.86 bits per heavy atom. The van der Waals surface area contributed by atoms with E-state index in [0.29, 0.717) is 6.54 Å². The molecular weight excluding hydrogens is 513 g/mol. The molecule has 0 radical (unpaired) electrons. The van der Waals surface area contributed by atoms with Gasteiger partial charge in [0.1, 0.15) is 0 Å². The topological polar surface area (TPSA) is 52.6 Å². The smallest absolute Gasteiger partial charge is 0.191 e. The Hall–Kier alpha value is -1.00. The van der Waals surface area contributed by atoms with Crippen molar-refractivity contribution in [2.45, 2.75) is 33.7 Å². The number of guanidine groups is 1. The number of rotatable bonds is 7. The molecule has 5 nitrogen and oxygen atoms in total. The molecule has 1 aromatic carbocycles. The van der Waals surface area contributed by atoms with Crippen molar-refractivity contribution < 1.29 is 0 Å². The van der Waals surface area contributed by atoms with Crippen LogP contribution in [0.5, 0.6) is 0 Å². The number of anilines is 1. The number of aryl methyl sites for hydroxylation is 2. The zero-order valence-corrected chi connectivity index (χ0v) is 21.5. The Labute approximate surface area is 200 Å². The molecule has 1 aliphatic heterocycles. The van der Waals surface area contributed by atoms with Gasteiger partial charge in [-0.3, -0.25) is 0 Å². The third-order valence-electron chi connectivity index (χ3n) is 4.78. The van der Waals surface area contributed by atoms with E-state index in [9.17, 15) is 0 Å². The van der Waals surface area contributed by atoms with E-state index in [0.717, 1.165) is 44.3 Å². The summed E-state index contributed by atoms with van der Waals surface area (Å²) in [5.74, 6) is 3.32. The zero-order chi connectivity index (χ0) is 19.8. The third-order valence-corrected chi connectivity index (χ3v) is 6.86. The maximum atomic E-state index is 4.74. The van der Waals surface area contributed by atoms with Crippen LogP contribution in [0, 0.1) is 13.8 Å². The van der Waals surface area contributed by atoms with Crippen molar-refractivity contribution >= 4 is 58.7 Å². The highest BCUT2D eigenvalue weighted by molar-refractivity contribution is 14.0. The van der Waals surface area contributed by atoms with E-state index >= 15 is 0 Å². The molecule has 1 aliphatic rings. The Morgan fingerprint density at radius 3 is 2.48 bits per heavy atom. The molecular formula is C21H32IN5S2. The lowest BCUT2D eigenvalue weighted by atomic mass is 10.2. The molecule has 1 fully saturated rings. The standard InChI is InChI=1S/C21H31N5S2.HI/c1-4-22-21(23-10-9-20-25-16(2)17(3)28-20)24-15-18-5-7-19(8-6-18)26-11-13-27-14-12-26;/h5-8H,4,9-15H2,1-3H3,(H2,22,23,24);1H. The molecule has 8 heteroatoms. The van der Waals surface area contributed by atoms with Gasteiger partial charge in [0.2, 0.25) is 0 Å². The second kappa shape index (κ2) is 12.6. The fraction of sp³-hybridized carbons (Fsp3) is 0.524. The highest BCUT2D eigenvalue weighted by Crippen LogP contribution is 2.20. The number of hydrogen-bond donors (Lipinski definition) is 2. The predicted molar refractivity (Wildman–Crippen MR) is 140 cm³/mol. The number of thioether (sulfide) groups is 1. The molecule has 1 aromatic heterocycles. The van der Waals surface area contributed by atoms with Crippen molar-refractivity contribution in [1.82, 2.24) is 15.6 Å². The number of aromatic nitrogens is 1. The first-order chi connectivity index (χ1) is 13.7. The van der Waals surface area contributed by atoms with Crippen LogP contribution in [0.1, 0.15) is 28.1 Å². The number of nitrogens with zero attached hydrogens (tertiary/aromatic N) is 3. The number of thiazole rings is 1. The number of aliphatic imine (C=N–C) groups is 1. The van der Waals surface area contributed by atoms with E-state index in [1.165, 1.54) is 32.6 Å². The van der Waals surface area contributed by atoms with Crippen LogP contribution in [0.2, 0.25) is 0 Å². The summed E-state index contributed by atoms with van der Waals surface area (Å²) in [5, 5.41) is 7.94. The van der Waals surface area contributed by atoms with Gasteiger partial charge in [-0.2, -0.15) is 11.8 Å². The molecule has 0 amide bonds. The van der Waals surface area contributed by atoms with Crippen LogP contribution in [-0.4, -0.2) is 48.6 Å². The maximum Gasteiger partial charge on any atom is 0.191 e. The van der Waals surface area contributed by atoms with Gasteiger partial charge in [0.05, 0.1) is 17.2 Å². The van der Waals surface area contributed by atoms with E-state index in [4.69, 9.17) is 4.99 Å². The second-order valence-electron chi connectivity index (χ2n) is 6.89. The van der Waals surface area contributed by atoms with Crippen molar-refractivity contribution in [2.75, 3.05) is 42.6 Å². The monoisotopic (exact) mass is 545 g/mol. The number of benzene rings is 1. The van der Waals surface area contributed by atoms with Crippen molar-refractivity contribution in [1.29, 1.82) is 0 Å². The first-order valence-electron chi connectivity index (χ1n) is 10.0. The minimum Gasteiger partial charge on any atom is -0.370 e. The summed E-state index contributed by atoms with van der Waals surface area (Å²) in [5.41, 5.74) is 3.71. The van der Waals surface area contributed by atoms with Gasteiger partial charge in [-0.25, -0.2) is 9.98 Å². The Balaban J connectivity index is 0.00000300. The van der Waals surface area contributed by atoms with Crippen LogP contribution < -0.4 is 15.5 Å². The summed E-state index contributed by atoms with van der Waals surface area (Å²) in [6.07, 6.45) is 0.923. The first-order valence-corrected chi connectivity index (χ1v) is 12.0. The van der Waals surface area contributed by atoms with Gasteiger partial charge in [0, 0.05) is 54.7 Å². The molecule has 1 saturated heterocycles. The number of halogens is 1. The predicted octanol–water partition coefficient (Wildman–Crippen LogP) is 4.23. The van der Waals surface area contributed by atoms with Crippen LogP contribution in [0.3, 0.4) is 0 Å². The lowest BCUT2D eigenvalue weighted by Crippen LogP contribution is -2.38. The van der Waals surface area contributed by atoms with E-state index in [1.54, 1.807) is 11.3 Å². The van der Waals surface area contributed by atoms with E-state index in [1.807, 2.05) is 11.8 Å². The van der Waals surface area contributed by atoms with Gasteiger partial charge >= 0.3 is 0 Å². The second-order valence-corrected chi connectivity index (χ2v) is 9.40. The first kappa shape index (κ1) is 24.3. The molecule has 0 bridgehead atoms. The van der Waals surface area contributed by atoms with Gasteiger partial charge in [0.15, 0.2) is 5.96 Å². The SMILES string of the molecule is CCNC(=NCc1ccc(N2CCSCC2)cc1)NCCc1nc(C)c(C)s1.I. The molecule has 0 spiro atoms. The van der Waals surface area contributed by atoms with Crippen LogP contribution in [-0.2, 0) is 13.0 Å². The molecule has 29 heavy (non-hydrogen) atoms. The summed E-state index contributed by atoms with van der Waals surface area (Å²) < 4.78 is 0. The van der Waals surface area contributed by atoms with Crippen molar-refractivity contribution in [3.8, 4) is 0 Å². The average Bonchev–Trinajstić information content (AvgIpc) is 3.04. The molecule has 0 atom stereocenters. The van der Waals surface area contributed by atoms with Gasteiger partial charge in [0.25, 0.3) is 0 Å². The zero-order valence-electron chi connectivity index (χ0n) is 17.5. The molecule has 160 valence electrons. The quantitative estimate of drug-likeness (QED) is 0.310. The summed E-state index contributed by atoms with van der Waals surface area (Å²) in [7, 11) is 0. The Morgan fingerprint density at radius 1 is 1.14 bits per heavy atom. The fourth-order valence-corrected chi connectivity index (χ4v) is 4.92. The molecule has 0 unspecified atom stereocenters. The minimum atomic E-state index is 0. The molecule has 2 N–H and O–H groups in total. The van der Waals surface area contributed by atoms with Gasteiger partial charge in [-0.15, -0.1) is 35.3 Å².